The average molecular weight is 328 g/mol. The minimum atomic E-state index is -1.13. The van der Waals surface area contributed by atoms with E-state index in [-0.39, 0.29) is 6.61 Å². The van der Waals surface area contributed by atoms with Gasteiger partial charge in [-0.1, -0.05) is 40.7 Å². The lowest BCUT2D eigenvalue weighted by atomic mass is 10.1. The molecule has 0 aromatic heterocycles. The van der Waals surface area contributed by atoms with Gasteiger partial charge in [0, 0.05) is 11.5 Å². The number of aliphatic carboxylic acids is 1. The lowest BCUT2D eigenvalue weighted by Crippen LogP contribution is -2.36. The number of carboxylic acid groups (broad SMARTS) is 1. The van der Waals surface area contributed by atoms with E-state index in [1.807, 2.05) is 0 Å². The van der Waals surface area contributed by atoms with Gasteiger partial charge in [0.1, 0.15) is 6.61 Å². The monoisotopic (exact) mass is 327 g/mol. The number of hydrogen-bond acceptors (Lipinski definition) is 3. The maximum absolute atomic E-state index is 11.7. The summed E-state index contributed by atoms with van der Waals surface area (Å²) in [4.78, 5) is 24.1. The van der Waals surface area contributed by atoms with Crippen LogP contribution in [0.3, 0.4) is 0 Å². The summed E-state index contributed by atoms with van der Waals surface area (Å²) in [5.74, 6) is -1.13. The second-order valence-corrected chi connectivity index (χ2v) is 4.69. The molecule has 102 valence electrons. The fraction of sp³-hybridized carbons (Fsp3) is 0.231. The van der Waals surface area contributed by atoms with E-state index in [4.69, 9.17) is 4.74 Å². The Labute approximate surface area is 119 Å². The molecule has 0 saturated carbocycles. The molecule has 1 N–H and O–H groups in total. The van der Waals surface area contributed by atoms with Crippen LogP contribution in [0.15, 0.2) is 41.4 Å². The van der Waals surface area contributed by atoms with Crippen molar-refractivity contribution in [2.24, 2.45) is 0 Å². The molecule has 0 aliphatic heterocycles. The zero-order chi connectivity index (χ0) is 14.4. The number of rotatable bonds is 5. The third kappa shape index (κ3) is 4.10. The third-order valence-corrected chi connectivity index (χ3v) is 2.89. The van der Waals surface area contributed by atoms with Crippen LogP contribution in [0.1, 0.15) is 11.6 Å². The van der Waals surface area contributed by atoms with E-state index in [9.17, 15) is 14.7 Å². The summed E-state index contributed by atoms with van der Waals surface area (Å²) in [7, 11) is 1.38. The van der Waals surface area contributed by atoms with Crippen molar-refractivity contribution < 1.29 is 19.4 Å². The second kappa shape index (κ2) is 6.94. The van der Waals surface area contributed by atoms with Crippen molar-refractivity contribution in [1.82, 2.24) is 4.90 Å². The first kappa shape index (κ1) is 15.2. The van der Waals surface area contributed by atoms with Crippen molar-refractivity contribution in [1.29, 1.82) is 0 Å². The van der Waals surface area contributed by atoms with Crippen LogP contribution in [-0.4, -0.2) is 35.7 Å². The Kier molecular flexibility index (Phi) is 5.57. The Balaban J connectivity index is 2.97. The SMILES string of the molecule is C=CCOC(=O)N(C)C(C(=O)O)c1cccc(Br)c1. The summed E-state index contributed by atoms with van der Waals surface area (Å²) in [5, 5.41) is 9.28. The number of benzene rings is 1. The van der Waals surface area contributed by atoms with Gasteiger partial charge in [0.2, 0.25) is 0 Å². The zero-order valence-corrected chi connectivity index (χ0v) is 12.0. The molecule has 1 rings (SSSR count). The number of carbonyl (C=O) groups is 2. The van der Waals surface area contributed by atoms with Crippen LogP contribution in [-0.2, 0) is 9.53 Å². The minimum Gasteiger partial charge on any atom is -0.479 e. The summed E-state index contributed by atoms with van der Waals surface area (Å²) < 4.78 is 5.57. The molecule has 1 aromatic rings. The first-order valence-electron chi connectivity index (χ1n) is 5.46. The molecule has 1 amide bonds. The fourth-order valence-electron chi connectivity index (χ4n) is 1.55. The summed E-state index contributed by atoms with van der Waals surface area (Å²) in [5.41, 5.74) is 0.486. The highest BCUT2D eigenvalue weighted by molar-refractivity contribution is 9.10. The van der Waals surface area contributed by atoms with Crippen LogP contribution in [0.25, 0.3) is 0 Å². The van der Waals surface area contributed by atoms with Crippen molar-refractivity contribution in [2.75, 3.05) is 13.7 Å². The largest absolute Gasteiger partial charge is 0.479 e. The summed E-state index contributed by atoms with van der Waals surface area (Å²) in [6.45, 7) is 3.46. The Hall–Kier alpha value is -1.82. The Morgan fingerprint density at radius 3 is 2.79 bits per heavy atom. The molecule has 0 spiro atoms. The molecule has 0 aliphatic carbocycles. The molecular weight excluding hydrogens is 314 g/mol. The van der Waals surface area contributed by atoms with Gasteiger partial charge in [-0.05, 0) is 17.7 Å². The first-order chi connectivity index (χ1) is 8.97. The van der Waals surface area contributed by atoms with E-state index in [0.29, 0.717) is 5.56 Å². The number of nitrogens with zero attached hydrogens (tertiary/aromatic N) is 1. The topological polar surface area (TPSA) is 66.8 Å². The standard InChI is InChI=1S/C13H14BrNO4/c1-3-7-19-13(18)15(2)11(12(16)17)9-5-4-6-10(14)8-9/h3-6,8,11H,1,7H2,2H3,(H,16,17). The Bertz CT molecular complexity index is 489. The van der Waals surface area contributed by atoms with Crippen LogP contribution in [0.4, 0.5) is 4.79 Å². The highest BCUT2D eigenvalue weighted by Gasteiger charge is 2.29. The van der Waals surface area contributed by atoms with E-state index >= 15 is 0 Å². The molecule has 5 nitrogen and oxygen atoms in total. The van der Waals surface area contributed by atoms with Gasteiger partial charge in [-0.15, -0.1) is 0 Å². The highest BCUT2D eigenvalue weighted by Crippen LogP contribution is 2.23. The maximum atomic E-state index is 11.7. The van der Waals surface area contributed by atoms with Gasteiger partial charge in [0.25, 0.3) is 0 Å². The minimum absolute atomic E-state index is 0.0357. The Morgan fingerprint density at radius 1 is 1.58 bits per heavy atom. The summed E-state index contributed by atoms with van der Waals surface area (Å²) in [6.07, 6.45) is 0.702. The van der Waals surface area contributed by atoms with E-state index < -0.39 is 18.1 Å². The van der Waals surface area contributed by atoms with Gasteiger partial charge < -0.3 is 9.84 Å². The quantitative estimate of drug-likeness (QED) is 0.844. The van der Waals surface area contributed by atoms with Gasteiger partial charge in [0.15, 0.2) is 6.04 Å². The summed E-state index contributed by atoms with van der Waals surface area (Å²) >= 11 is 3.27. The van der Waals surface area contributed by atoms with Crippen molar-refractivity contribution in [2.45, 2.75) is 6.04 Å². The number of halogens is 1. The molecule has 0 saturated heterocycles. The van der Waals surface area contributed by atoms with Gasteiger partial charge in [-0.25, -0.2) is 9.59 Å². The second-order valence-electron chi connectivity index (χ2n) is 3.77. The van der Waals surface area contributed by atoms with Crippen LogP contribution in [0.5, 0.6) is 0 Å². The van der Waals surface area contributed by atoms with E-state index in [2.05, 4.69) is 22.5 Å². The normalized spacial score (nSPS) is 11.5. The van der Waals surface area contributed by atoms with E-state index in [0.717, 1.165) is 9.37 Å². The molecule has 0 bridgehead atoms. The predicted molar refractivity (Wildman–Crippen MR) is 73.8 cm³/mol. The average Bonchev–Trinajstić information content (AvgIpc) is 2.35. The molecule has 0 heterocycles. The molecule has 1 unspecified atom stereocenters. The molecular formula is C13H14BrNO4. The van der Waals surface area contributed by atoms with Crippen molar-refractivity contribution in [3.63, 3.8) is 0 Å². The fourth-order valence-corrected chi connectivity index (χ4v) is 1.96. The van der Waals surface area contributed by atoms with E-state index in [1.165, 1.54) is 13.1 Å². The lowest BCUT2D eigenvalue weighted by Gasteiger charge is -2.24. The smallest absolute Gasteiger partial charge is 0.410 e. The van der Waals surface area contributed by atoms with Crippen molar-refractivity contribution in [3.8, 4) is 0 Å². The highest BCUT2D eigenvalue weighted by atomic mass is 79.9. The number of carboxylic acids is 1. The number of carbonyl (C=O) groups excluding carboxylic acids is 1. The zero-order valence-electron chi connectivity index (χ0n) is 10.4. The van der Waals surface area contributed by atoms with Gasteiger partial charge in [0.05, 0.1) is 0 Å². The molecule has 0 radical (unpaired) electrons. The number of likely N-dealkylation sites (N-methyl/N-ethyl adjacent to an activating group) is 1. The Morgan fingerprint density at radius 2 is 2.26 bits per heavy atom. The van der Waals surface area contributed by atoms with Gasteiger partial charge in [-0.3, -0.25) is 4.90 Å². The van der Waals surface area contributed by atoms with Crippen LogP contribution in [0, 0.1) is 0 Å². The molecule has 19 heavy (non-hydrogen) atoms. The molecule has 0 aliphatic rings. The van der Waals surface area contributed by atoms with Crippen LogP contribution >= 0.6 is 15.9 Å². The van der Waals surface area contributed by atoms with Crippen molar-refractivity contribution >= 4 is 28.0 Å². The lowest BCUT2D eigenvalue weighted by molar-refractivity contribution is -0.142. The molecule has 1 aromatic carbocycles. The molecule has 6 heteroatoms. The van der Waals surface area contributed by atoms with Crippen LogP contribution in [0.2, 0.25) is 0 Å². The van der Waals surface area contributed by atoms with Gasteiger partial charge >= 0.3 is 12.1 Å². The van der Waals surface area contributed by atoms with Gasteiger partial charge in [-0.2, -0.15) is 0 Å². The number of ether oxygens (including phenoxy) is 1. The predicted octanol–water partition coefficient (Wildman–Crippen LogP) is 2.83. The molecule has 0 fully saturated rings. The van der Waals surface area contributed by atoms with Crippen molar-refractivity contribution in [3.05, 3.63) is 47.0 Å². The number of amides is 1. The van der Waals surface area contributed by atoms with Crippen LogP contribution < -0.4 is 0 Å². The third-order valence-electron chi connectivity index (χ3n) is 2.40. The summed E-state index contributed by atoms with van der Waals surface area (Å²) in [6, 6.07) is 5.67. The van der Waals surface area contributed by atoms with E-state index in [1.54, 1.807) is 24.3 Å². The number of hydrogen-bond donors (Lipinski definition) is 1. The maximum Gasteiger partial charge on any atom is 0.410 e. The molecule has 1 atom stereocenters. The first-order valence-corrected chi connectivity index (χ1v) is 6.25.